The van der Waals surface area contributed by atoms with Crippen LogP contribution in [0.15, 0.2) is 41.8 Å². The summed E-state index contributed by atoms with van der Waals surface area (Å²) in [6.07, 6.45) is 1.18. The van der Waals surface area contributed by atoms with Crippen molar-refractivity contribution < 1.29 is 4.74 Å². The SMILES string of the molecule is CCC(C)c1ccc(OCc2cccs2)cc1. The van der Waals surface area contributed by atoms with Gasteiger partial charge in [-0.25, -0.2) is 0 Å². The third kappa shape index (κ3) is 3.34. The number of benzene rings is 1. The summed E-state index contributed by atoms with van der Waals surface area (Å²) in [5.74, 6) is 1.58. The summed E-state index contributed by atoms with van der Waals surface area (Å²) in [7, 11) is 0. The highest BCUT2D eigenvalue weighted by Crippen LogP contribution is 2.22. The maximum absolute atomic E-state index is 5.73. The van der Waals surface area contributed by atoms with Gasteiger partial charge in [-0.1, -0.05) is 32.0 Å². The van der Waals surface area contributed by atoms with Crippen LogP contribution in [-0.2, 0) is 6.61 Å². The standard InChI is InChI=1S/C15H18OS/c1-3-12(2)13-6-8-14(9-7-13)16-11-15-5-4-10-17-15/h4-10,12H,3,11H2,1-2H3. The summed E-state index contributed by atoms with van der Waals surface area (Å²) in [5.41, 5.74) is 1.39. The molecule has 0 spiro atoms. The molecular formula is C15H18OS. The van der Waals surface area contributed by atoms with Gasteiger partial charge in [0.05, 0.1) is 0 Å². The van der Waals surface area contributed by atoms with E-state index in [9.17, 15) is 0 Å². The molecule has 0 fully saturated rings. The van der Waals surface area contributed by atoms with Gasteiger partial charge in [0.25, 0.3) is 0 Å². The monoisotopic (exact) mass is 246 g/mol. The Bertz CT molecular complexity index is 430. The number of thiophene rings is 1. The number of hydrogen-bond donors (Lipinski definition) is 0. The van der Waals surface area contributed by atoms with E-state index in [1.807, 2.05) is 0 Å². The molecule has 2 heteroatoms. The number of ether oxygens (including phenoxy) is 1. The van der Waals surface area contributed by atoms with Gasteiger partial charge in [0, 0.05) is 4.88 Å². The second-order valence-electron chi connectivity index (χ2n) is 4.25. The van der Waals surface area contributed by atoms with E-state index >= 15 is 0 Å². The van der Waals surface area contributed by atoms with Crippen molar-refractivity contribution in [2.24, 2.45) is 0 Å². The van der Waals surface area contributed by atoms with Crippen molar-refractivity contribution in [3.8, 4) is 5.75 Å². The van der Waals surface area contributed by atoms with Gasteiger partial charge >= 0.3 is 0 Å². The molecule has 1 heterocycles. The van der Waals surface area contributed by atoms with Gasteiger partial charge < -0.3 is 4.74 Å². The largest absolute Gasteiger partial charge is 0.488 e. The Morgan fingerprint density at radius 3 is 2.53 bits per heavy atom. The van der Waals surface area contributed by atoms with Crippen molar-refractivity contribution in [3.63, 3.8) is 0 Å². The third-order valence-corrected chi connectivity index (χ3v) is 3.87. The van der Waals surface area contributed by atoms with Gasteiger partial charge in [-0.15, -0.1) is 11.3 Å². The molecule has 1 unspecified atom stereocenters. The molecule has 90 valence electrons. The summed E-state index contributed by atoms with van der Waals surface area (Å²) in [6, 6.07) is 12.6. The Hall–Kier alpha value is -1.28. The van der Waals surface area contributed by atoms with Crippen LogP contribution in [-0.4, -0.2) is 0 Å². The molecule has 1 nitrogen and oxygen atoms in total. The molecule has 1 aromatic carbocycles. The quantitative estimate of drug-likeness (QED) is 0.733. The van der Waals surface area contributed by atoms with E-state index in [4.69, 9.17) is 4.74 Å². The molecule has 0 radical (unpaired) electrons. The lowest BCUT2D eigenvalue weighted by Crippen LogP contribution is -1.94. The van der Waals surface area contributed by atoms with E-state index in [0.29, 0.717) is 12.5 Å². The molecule has 0 bridgehead atoms. The van der Waals surface area contributed by atoms with Crippen molar-refractivity contribution >= 4 is 11.3 Å². The average Bonchev–Trinajstić information content (AvgIpc) is 2.89. The van der Waals surface area contributed by atoms with Crippen LogP contribution in [0, 0.1) is 0 Å². The molecule has 0 amide bonds. The fourth-order valence-electron chi connectivity index (χ4n) is 1.68. The first-order chi connectivity index (χ1) is 8.29. The number of rotatable bonds is 5. The lowest BCUT2D eigenvalue weighted by molar-refractivity contribution is 0.309. The Labute approximate surface area is 107 Å². The average molecular weight is 246 g/mol. The summed E-state index contributed by atoms with van der Waals surface area (Å²) < 4.78 is 5.73. The summed E-state index contributed by atoms with van der Waals surface area (Å²) in [5, 5.41) is 2.07. The van der Waals surface area contributed by atoms with E-state index in [-0.39, 0.29) is 0 Å². The third-order valence-electron chi connectivity index (χ3n) is 3.02. The van der Waals surface area contributed by atoms with Gasteiger partial charge in [0.2, 0.25) is 0 Å². The van der Waals surface area contributed by atoms with Crippen molar-refractivity contribution in [1.29, 1.82) is 0 Å². The first-order valence-corrected chi connectivity index (χ1v) is 6.92. The van der Waals surface area contributed by atoms with Gasteiger partial charge in [-0.05, 0) is 41.5 Å². The lowest BCUT2D eigenvalue weighted by Gasteiger charge is -2.10. The Morgan fingerprint density at radius 1 is 1.18 bits per heavy atom. The van der Waals surface area contributed by atoms with Crippen LogP contribution in [0.5, 0.6) is 5.75 Å². The van der Waals surface area contributed by atoms with E-state index in [1.54, 1.807) is 11.3 Å². The van der Waals surface area contributed by atoms with Crippen LogP contribution in [0.25, 0.3) is 0 Å². The molecule has 0 saturated carbocycles. The first-order valence-electron chi connectivity index (χ1n) is 6.04. The van der Waals surface area contributed by atoms with Crippen molar-refractivity contribution in [2.45, 2.75) is 32.8 Å². The highest BCUT2D eigenvalue weighted by Gasteiger charge is 2.03. The lowest BCUT2D eigenvalue weighted by atomic mass is 9.99. The molecule has 0 saturated heterocycles. The summed E-state index contributed by atoms with van der Waals surface area (Å²) >= 11 is 1.73. The summed E-state index contributed by atoms with van der Waals surface area (Å²) in [6.45, 7) is 5.13. The zero-order chi connectivity index (χ0) is 12.1. The van der Waals surface area contributed by atoms with E-state index in [1.165, 1.54) is 16.9 Å². The minimum absolute atomic E-state index is 0.626. The summed E-state index contributed by atoms with van der Waals surface area (Å²) in [4.78, 5) is 1.26. The molecule has 1 atom stereocenters. The number of hydrogen-bond acceptors (Lipinski definition) is 2. The zero-order valence-electron chi connectivity index (χ0n) is 10.3. The second-order valence-corrected chi connectivity index (χ2v) is 5.28. The molecule has 0 aliphatic heterocycles. The maximum atomic E-state index is 5.73. The minimum Gasteiger partial charge on any atom is -0.488 e. The predicted molar refractivity (Wildman–Crippen MR) is 73.8 cm³/mol. The van der Waals surface area contributed by atoms with Crippen molar-refractivity contribution in [3.05, 3.63) is 52.2 Å². The van der Waals surface area contributed by atoms with Crippen LogP contribution in [0.1, 0.15) is 36.6 Å². The molecule has 2 rings (SSSR count). The molecule has 0 aliphatic rings. The molecule has 0 aliphatic carbocycles. The van der Waals surface area contributed by atoms with Crippen LogP contribution < -0.4 is 4.74 Å². The van der Waals surface area contributed by atoms with Crippen molar-refractivity contribution in [1.82, 2.24) is 0 Å². The first kappa shape index (κ1) is 12.2. The van der Waals surface area contributed by atoms with Crippen molar-refractivity contribution in [2.75, 3.05) is 0 Å². The predicted octanol–water partition coefficient (Wildman–Crippen LogP) is 4.84. The van der Waals surface area contributed by atoms with Crippen LogP contribution in [0.2, 0.25) is 0 Å². The highest BCUT2D eigenvalue weighted by atomic mass is 32.1. The Kier molecular flexibility index (Phi) is 4.21. The topological polar surface area (TPSA) is 9.23 Å². The highest BCUT2D eigenvalue weighted by molar-refractivity contribution is 7.09. The Balaban J connectivity index is 1.94. The van der Waals surface area contributed by atoms with Gasteiger partial charge in [0.1, 0.15) is 12.4 Å². The normalized spacial score (nSPS) is 12.4. The van der Waals surface area contributed by atoms with Crippen LogP contribution >= 0.6 is 11.3 Å². The fraction of sp³-hybridized carbons (Fsp3) is 0.333. The second kappa shape index (κ2) is 5.87. The van der Waals surface area contributed by atoms with Gasteiger partial charge in [-0.2, -0.15) is 0 Å². The van der Waals surface area contributed by atoms with Gasteiger partial charge in [-0.3, -0.25) is 0 Å². The van der Waals surface area contributed by atoms with E-state index in [2.05, 4.69) is 55.6 Å². The van der Waals surface area contributed by atoms with Crippen LogP contribution in [0.3, 0.4) is 0 Å². The van der Waals surface area contributed by atoms with Gasteiger partial charge in [0.15, 0.2) is 0 Å². The molecule has 0 N–H and O–H groups in total. The molecular weight excluding hydrogens is 228 g/mol. The maximum Gasteiger partial charge on any atom is 0.122 e. The Morgan fingerprint density at radius 2 is 1.94 bits per heavy atom. The minimum atomic E-state index is 0.626. The fourth-order valence-corrected chi connectivity index (χ4v) is 2.29. The smallest absolute Gasteiger partial charge is 0.122 e. The van der Waals surface area contributed by atoms with E-state index in [0.717, 1.165) is 5.75 Å². The molecule has 17 heavy (non-hydrogen) atoms. The van der Waals surface area contributed by atoms with E-state index < -0.39 is 0 Å². The molecule has 1 aromatic heterocycles. The van der Waals surface area contributed by atoms with Crippen LogP contribution in [0.4, 0.5) is 0 Å². The zero-order valence-corrected chi connectivity index (χ0v) is 11.2. The molecule has 2 aromatic rings.